The number of para-hydroxylation sites is 1. The van der Waals surface area contributed by atoms with Gasteiger partial charge in [0.05, 0.1) is 11.4 Å². The van der Waals surface area contributed by atoms with Crippen LogP contribution in [0.4, 0.5) is 5.69 Å². The van der Waals surface area contributed by atoms with E-state index in [0.29, 0.717) is 6.54 Å². The average Bonchev–Trinajstić information content (AvgIpc) is 2.88. The van der Waals surface area contributed by atoms with Gasteiger partial charge in [0.2, 0.25) is 5.91 Å². The zero-order valence-corrected chi connectivity index (χ0v) is 18.8. The van der Waals surface area contributed by atoms with Crippen LogP contribution in [-0.2, 0) is 4.79 Å². The van der Waals surface area contributed by atoms with Gasteiger partial charge in [0.25, 0.3) is 0 Å². The Hall–Kier alpha value is -3.93. The summed E-state index contributed by atoms with van der Waals surface area (Å²) in [7, 11) is 1.84. The molecule has 0 radical (unpaired) electrons. The van der Waals surface area contributed by atoms with Crippen LogP contribution >= 0.6 is 0 Å². The second-order valence-corrected chi connectivity index (χ2v) is 8.02. The number of hydrogen-bond donors (Lipinski definition) is 2. The maximum absolute atomic E-state index is 12.1. The van der Waals surface area contributed by atoms with E-state index in [0.717, 1.165) is 59.1 Å². The number of rotatable bonds is 7. The molecule has 0 saturated carbocycles. The second-order valence-electron chi connectivity index (χ2n) is 8.02. The first-order valence-electron chi connectivity index (χ1n) is 11.1. The number of amides is 1. The molecule has 1 unspecified atom stereocenters. The number of nitrogens with zero attached hydrogens (tertiary/aromatic N) is 2. The first-order chi connectivity index (χ1) is 16.1. The third kappa shape index (κ3) is 4.95. The van der Waals surface area contributed by atoms with Crippen molar-refractivity contribution in [3.05, 3.63) is 84.6 Å². The van der Waals surface area contributed by atoms with Gasteiger partial charge in [-0.3, -0.25) is 9.78 Å². The van der Waals surface area contributed by atoms with Crippen LogP contribution in [0.3, 0.4) is 0 Å². The Morgan fingerprint density at radius 1 is 1.18 bits per heavy atom. The number of ether oxygens (including phenoxy) is 1. The van der Waals surface area contributed by atoms with Crippen LogP contribution in [0.1, 0.15) is 30.0 Å². The number of aromatic nitrogens is 1. The van der Waals surface area contributed by atoms with Gasteiger partial charge >= 0.3 is 0 Å². The van der Waals surface area contributed by atoms with Gasteiger partial charge in [-0.15, -0.1) is 0 Å². The van der Waals surface area contributed by atoms with Gasteiger partial charge in [0.15, 0.2) is 0 Å². The molecule has 0 aliphatic carbocycles. The lowest BCUT2D eigenvalue weighted by atomic mass is 9.92. The average molecular weight is 441 g/mol. The lowest BCUT2D eigenvalue weighted by Gasteiger charge is -2.32. The highest BCUT2D eigenvalue weighted by Gasteiger charge is 2.26. The Kier molecular flexibility index (Phi) is 6.83. The summed E-state index contributed by atoms with van der Waals surface area (Å²) in [6.45, 7) is 4.96. The minimum atomic E-state index is -0.0481. The maximum atomic E-state index is 12.1. The van der Waals surface area contributed by atoms with E-state index in [9.17, 15) is 4.79 Å². The van der Waals surface area contributed by atoms with E-state index in [2.05, 4.69) is 11.9 Å². The molecule has 1 aliphatic rings. The zero-order valence-electron chi connectivity index (χ0n) is 18.8. The minimum Gasteiger partial charge on any atom is -0.457 e. The summed E-state index contributed by atoms with van der Waals surface area (Å²) in [5.41, 5.74) is 4.19. The lowest BCUT2D eigenvalue weighted by molar-refractivity contribution is -0.127. The van der Waals surface area contributed by atoms with E-state index >= 15 is 0 Å². The monoisotopic (exact) mass is 440 g/mol. The topological polar surface area (TPSA) is 78.3 Å². The molecule has 6 heteroatoms. The molecule has 6 nitrogen and oxygen atoms in total. The summed E-state index contributed by atoms with van der Waals surface area (Å²) in [6, 6.07) is 19.4. The number of likely N-dealkylation sites (tertiary alicyclic amines) is 1. The number of carbonyl (C=O) groups excluding carboxylic acids is 1. The fourth-order valence-electron chi connectivity index (χ4n) is 4.23. The van der Waals surface area contributed by atoms with Crippen molar-refractivity contribution in [2.24, 2.45) is 0 Å². The Balaban J connectivity index is 1.66. The van der Waals surface area contributed by atoms with Gasteiger partial charge in [-0.25, -0.2) is 0 Å². The number of carbonyl (C=O) groups is 1. The number of piperidine rings is 1. The SMILES string of the molecule is C=CC(=O)N1CCCC(c2cc(C=N)c(NC)c(-c3ccc(Oc4ccccc4)cc3)n2)C1. The summed E-state index contributed by atoms with van der Waals surface area (Å²) in [5.74, 6) is 1.59. The zero-order chi connectivity index (χ0) is 23.2. The highest BCUT2D eigenvalue weighted by Crippen LogP contribution is 2.35. The first-order valence-corrected chi connectivity index (χ1v) is 11.1. The molecule has 1 saturated heterocycles. The Labute approximate surface area is 194 Å². The van der Waals surface area contributed by atoms with Crippen LogP contribution in [-0.4, -0.2) is 42.1 Å². The first kappa shape index (κ1) is 22.3. The van der Waals surface area contributed by atoms with Crippen molar-refractivity contribution in [1.29, 1.82) is 5.41 Å². The third-order valence-corrected chi connectivity index (χ3v) is 5.91. The highest BCUT2D eigenvalue weighted by molar-refractivity contribution is 5.92. The molecule has 168 valence electrons. The highest BCUT2D eigenvalue weighted by atomic mass is 16.5. The summed E-state index contributed by atoms with van der Waals surface area (Å²) in [6.07, 6.45) is 4.59. The van der Waals surface area contributed by atoms with Crippen molar-refractivity contribution in [3.8, 4) is 22.8 Å². The molecule has 2 heterocycles. The number of anilines is 1. The van der Waals surface area contributed by atoms with Crippen LogP contribution in [0, 0.1) is 5.41 Å². The number of hydrogen-bond acceptors (Lipinski definition) is 5. The van der Waals surface area contributed by atoms with Crippen LogP contribution in [0.15, 0.2) is 73.3 Å². The van der Waals surface area contributed by atoms with E-state index in [1.807, 2.05) is 72.6 Å². The predicted octanol–water partition coefficient (Wildman–Crippen LogP) is 5.47. The van der Waals surface area contributed by atoms with Crippen molar-refractivity contribution in [3.63, 3.8) is 0 Å². The maximum Gasteiger partial charge on any atom is 0.245 e. The molecule has 1 atom stereocenters. The Morgan fingerprint density at radius 3 is 2.58 bits per heavy atom. The minimum absolute atomic E-state index is 0.0481. The molecule has 1 amide bonds. The number of pyridine rings is 1. The normalized spacial score (nSPS) is 15.5. The van der Waals surface area contributed by atoms with Crippen molar-refractivity contribution in [2.75, 3.05) is 25.5 Å². The predicted molar refractivity (Wildman–Crippen MR) is 132 cm³/mol. The lowest BCUT2D eigenvalue weighted by Crippen LogP contribution is -2.38. The summed E-state index contributed by atoms with van der Waals surface area (Å²) in [4.78, 5) is 19.0. The molecule has 0 bridgehead atoms. The molecular formula is C27H28N4O2. The van der Waals surface area contributed by atoms with E-state index in [1.54, 1.807) is 0 Å². The molecular weight excluding hydrogens is 412 g/mol. The summed E-state index contributed by atoms with van der Waals surface area (Å²) in [5, 5.41) is 11.2. The van der Waals surface area contributed by atoms with Crippen molar-refractivity contribution < 1.29 is 9.53 Å². The van der Waals surface area contributed by atoms with Gasteiger partial charge in [0, 0.05) is 49.1 Å². The fraction of sp³-hybridized carbons (Fsp3) is 0.222. The second kappa shape index (κ2) is 10.1. The summed E-state index contributed by atoms with van der Waals surface area (Å²) < 4.78 is 5.92. The molecule has 2 aromatic carbocycles. The van der Waals surface area contributed by atoms with Gasteiger partial charge in [0.1, 0.15) is 11.5 Å². The largest absolute Gasteiger partial charge is 0.457 e. The Morgan fingerprint density at radius 2 is 1.91 bits per heavy atom. The molecule has 3 aromatic rings. The smallest absolute Gasteiger partial charge is 0.245 e. The Bertz CT molecular complexity index is 1140. The molecule has 1 aliphatic heterocycles. The number of benzene rings is 2. The standard InChI is InChI=1S/C27H28N4O2/c1-3-25(32)31-15-7-8-20(18-31)24-16-21(17-28)26(29-2)27(30-24)19-11-13-23(14-12-19)33-22-9-5-4-6-10-22/h3-6,9-14,16-17,20,28-29H,1,7-8,15,18H2,2H3. The van der Waals surface area contributed by atoms with Crippen LogP contribution < -0.4 is 10.1 Å². The summed E-state index contributed by atoms with van der Waals surface area (Å²) >= 11 is 0. The van der Waals surface area contributed by atoms with E-state index < -0.39 is 0 Å². The van der Waals surface area contributed by atoms with Crippen molar-refractivity contribution >= 4 is 17.8 Å². The van der Waals surface area contributed by atoms with E-state index in [-0.39, 0.29) is 11.8 Å². The molecule has 4 rings (SSSR count). The quantitative estimate of drug-likeness (QED) is 0.377. The molecule has 1 aromatic heterocycles. The van der Waals surface area contributed by atoms with Crippen molar-refractivity contribution in [2.45, 2.75) is 18.8 Å². The molecule has 33 heavy (non-hydrogen) atoms. The van der Waals surface area contributed by atoms with Crippen LogP contribution in [0.5, 0.6) is 11.5 Å². The molecule has 2 N–H and O–H groups in total. The van der Waals surface area contributed by atoms with E-state index in [1.165, 1.54) is 12.3 Å². The van der Waals surface area contributed by atoms with Gasteiger partial charge < -0.3 is 20.4 Å². The number of nitrogens with one attached hydrogen (secondary N) is 2. The van der Waals surface area contributed by atoms with Crippen molar-refractivity contribution in [1.82, 2.24) is 9.88 Å². The van der Waals surface area contributed by atoms with Crippen LogP contribution in [0.2, 0.25) is 0 Å². The van der Waals surface area contributed by atoms with Crippen LogP contribution in [0.25, 0.3) is 11.3 Å². The fourth-order valence-corrected chi connectivity index (χ4v) is 4.23. The van der Waals surface area contributed by atoms with E-state index in [4.69, 9.17) is 15.1 Å². The molecule has 0 spiro atoms. The van der Waals surface area contributed by atoms with Gasteiger partial charge in [-0.1, -0.05) is 24.8 Å². The molecule has 1 fully saturated rings. The van der Waals surface area contributed by atoms with Gasteiger partial charge in [-0.2, -0.15) is 0 Å². The van der Waals surface area contributed by atoms with Gasteiger partial charge in [-0.05, 0) is 61.4 Å². The third-order valence-electron chi connectivity index (χ3n) is 5.91.